The van der Waals surface area contributed by atoms with Crippen molar-refractivity contribution in [2.45, 2.75) is 19.6 Å². The summed E-state index contributed by atoms with van der Waals surface area (Å²) in [4.78, 5) is 11.7. The topological polar surface area (TPSA) is 35.5 Å². The minimum absolute atomic E-state index is 0.0750. The standard InChI is InChI=1S/C11H12O3/c1-2-7-13-11-10(12)8-5-3-4-6-9(8)14-11/h3-6,11H,2,7H2,1H3. The average molecular weight is 192 g/mol. The molecular formula is C11H12O3. The minimum Gasteiger partial charge on any atom is -0.456 e. The molecule has 74 valence electrons. The molecule has 1 aromatic rings. The van der Waals surface area contributed by atoms with Crippen LogP contribution in [-0.4, -0.2) is 18.7 Å². The van der Waals surface area contributed by atoms with Crippen LogP contribution in [0.5, 0.6) is 5.75 Å². The summed E-state index contributed by atoms with van der Waals surface area (Å²) in [7, 11) is 0. The maximum atomic E-state index is 11.7. The van der Waals surface area contributed by atoms with E-state index in [1.54, 1.807) is 12.1 Å². The van der Waals surface area contributed by atoms with Crippen molar-refractivity contribution in [3.8, 4) is 5.75 Å². The largest absolute Gasteiger partial charge is 0.456 e. The molecule has 1 unspecified atom stereocenters. The van der Waals surface area contributed by atoms with E-state index in [9.17, 15) is 4.79 Å². The van der Waals surface area contributed by atoms with Crippen molar-refractivity contribution in [3.05, 3.63) is 29.8 Å². The van der Waals surface area contributed by atoms with E-state index in [1.165, 1.54) is 0 Å². The van der Waals surface area contributed by atoms with E-state index in [-0.39, 0.29) is 5.78 Å². The van der Waals surface area contributed by atoms with E-state index in [0.29, 0.717) is 17.9 Å². The van der Waals surface area contributed by atoms with E-state index >= 15 is 0 Å². The molecular weight excluding hydrogens is 180 g/mol. The molecule has 3 nitrogen and oxygen atoms in total. The molecule has 0 spiro atoms. The highest BCUT2D eigenvalue weighted by Crippen LogP contribution is 2.28. The second kappa shape index (κ2) is 3.80. The quantitative estimate of drug-likeness (QED) is 0.734. The van der Waals surface area contributed by atoms with Crippen molar-refractivity contribution in [1.29, 1.82) is 0 Å². The van der Waals surface area contributed by atoms with Crippen molar-refractivity contribution in [2.75, 3.05) is 6.61 Å². The van der Waals surface area contributed by atoms with Gasteiger partial charge in [-0.2, -0.15) is 0 Å². The number of fused-ring (bicyclic) bond motifs is 1. The average Bonchev–Trinajstić information content (AvgIpc) is 2.54. The van der Waals surface area contributed by atoms with Gasteiger partial charge in [-0.1, -0.05) is 19.1 Å². The van der Waals surface area contributed by atoms with Gasteiger partial charge in [-0.15, -0.1) is 0 Å². The lowest BCUT2D eigenvalue weighted by atomic mass is 10.1. The van der Waals surface area contributed by atoms with Crippen LogP contribution in [0.25, 0.3) is 0 Å². The zero-order chi connectivity index (χ0) is 9.97. The van der Waals surface area contributed by atoms with Gasteiger partial charge < -0.3 is 9.47 Å². The lowest BCUT2D eigenvalue weighted by Crippen LogP contribution is -2.24. The summed E-state index contributed by atoms with van der Waals surface area (Å²) in [5.41, 5.74) is 0.619. The molecule has 0 fully saturated rings. The molecule has 1 aliphatic rings. The first kappa shape index (κ1) is 9.21. The fourth-order valence-corrected chi connectivity index (χ4v) is 1.40. The number of carbonyl (C=O) groups is 1. The summed E-state index contributed by atoms with van der Waals surface area (Å²) >= 11 is 0. The van der Waals surface area contributed by atoms with Crippen LogP contribution < -0.4 is 4.74 Å². The predicted molar refractivity (Wildman–Crippen MR) is 51.4 cm³/mol. The van der Waals surface area contributed by atoms with Crippen LogP contribution >= 0.6 is 0 Å². The molecule has 2 rings (SSSR count). The van der Waals surface area contributed by atoms with Gasteiger partial charge in [0.25, 0.3) is 6.29 Å². The number of rotatable bonds is 3. The maximum absolute atomic E-state index is 11.7. The summed E-state index contributed by atoms with van der Waals surface area (Å²) in [6.45, 7) is 2.54. The van der Waals surface area contributed by atoms with Crippen LogP contribution in [-0.2, 0) is 4.74 Å². The highest BCUT2D eigenvalue weighted by molar-refractivity contribution is 6.03. The third kappa shape index (κ3) is 1.51. The molecule has 3 heteroatoms. The Bertz CT molecular complexity index is 346. The molecule has 0 bridgehead atoms. The number of hydrogen-bond donors (Lipinski definition) is 0. The second-order valence-electron chi connectivity index (χ2n) is 3.18. The smallest absolute Gasteiger partial charge is 0.264 e. The Morgan fingerprint density at radius 1 is 1.43 bits per heavy atom. The minimum atomic E-state index is -0.729. The number of ketones is 1. The molecule has 0 saturated heterocycles. The predicted octanol–water partition coefficient (Wildman–Crippen LogP) is 2.01. The summed E-state index contributed by atoms with van der Waals surface area (Å²) in [5.74, 6) is 0.549. The van der Waals surface area contributed by atoms with E-state index in [1.807, 2.05) is 19.1 Å². The summed E-state index contributed by atoms with van der Waals surface area (Å²) < 4.78 is 10.6. The first-order valence-corrected chi connectivity index (χ1v) is 4.74. The number of ether oxygens (including phenoxy) is 2. The van der Waals surface area contributed by atoms with Gasteiger partial charge in [0, 0.05) is 0 Å². The van der Waals surface area contributed by atoms with E-state index < -0.39 is 6.29 Å². The van der Waals surface area contributed by atoms with Crippen molar-refractivity contribution in [1.82, 2.24) is 0 Å². The Labute approximate surface area is 82.6 Å². The number of carbonyl (C=O) groups excluding carboxylic acids is 1. The molecule has 0 aliphatic carbocycles. The van der Waals surface area contributed by atoms with Gasteiger partial charge in [0.15, 0.2) is 0 Å². The van der Waals surface area contributed by atoms with E-state index in [2.05, 4.69) is 0 Å². The van der Waals surface area contributed by atoms with E-state index in [0.717, 1.165) is 6.42 Å². The fourth-order valence-electron chi connectivity index (χ4n) is 1.40. The van der Waals surface area contributed by atoms with Crippen LogP contribution in [0.1, 0.15) is 23.7 Å². The van der Waals surface area contributed by atoms with Crippen LogP contribution in [0.2, 0.25) is 0 Å². The Morgan fingerprint density at radius 3 is 2.93 bits per heavy atom. The van der Waals surface area contributed by atoms with Crippen LogP contribution in [0.4, 0.5) is 0 Å². The van der Waals surface area contributed by atoms with Crippen molar-refractivity contribution >= 4 is 5.78 Å². The summed E-state index contributed by atoms with van der Waals surface area (Å²) in [6, 6.07) is 7.20. The highest BCUT2D eigenvalue weighted by Gasteiger charge is 2.32. The molecule has 0 N–H and O–H groups in total. The zero-order valence-corrected chi connectivity index (χ0v) is 8.03. The lowest BCUT2D eigenvalue weighted by molar-refractivity contribution is -0.0467. The van der Waals surface area contributed by atoms with Gasteiger partial charge in [-0.05, 0) is 18.6 Å². The maximum Gasteiger partial charge on any atom is 0.264 e. The summed E-state index contributed by atoms with van der Waals surface area (Å²) in [6.07, 6.45) is 0.149. The highest BCUT2D eigenvalue weighted by atomic mass is 16.7. The molecule has 1 aromatic carbocycles. The van der Waals surface area contributed by atoms with Crippen molar-refractivity contribution in [3.63, 3.8) is 0 Å². The molecule has 0 amide bonds. The zero-order valence-electron chi connectivity index (χ0n) is 8.03. The Morgan fingerprint density at radius 2 is 2.21 bits per heavy atom. The lowest BCUT2D eigenvalue weighted by Gasteiger charge is -2.08. The first-order chi connectivity index (χ1) is 6.83. The first-order valence-electron chi connectivity index (χ1n) is 4.74. The van der Waals surface area contributed by atoms with Crippen LogP contribution in [0, 0.1) is 0 Å². The Kier molecular flexibility index (Phi) is 2.50. The number of Topliss-reactive ketones (excluding diaryl/α,β-unsaturated/α-hetero) is 1. The van der Waals surface area contributed by atoms with E-state index in [4.69, 9.17) is 9.47 Å². The van der Waals surface area contributed by atoms with Gasteiger partial charge in [-0.25, -0.2) is 0 Å². The fraction of sp³-hybridized carbons (Fsp3) is 0.364. The van der Waals surface area contributed by atoms with Gasteiger partial charge >= 0.3 is 0 Å². The van der Waals surface area contributed by atoms with Crippen LogP contribution in [0.15, 0.2) is 24.3 Å². The molecule has 1 atom stereocenters. The summed E-state index contributed by atoms with van der Waals surface area (Å²) in [5, 5.41) is 0. The SMILES string of the molecule is CCCOC1Oc2ccccc2C1=O. The Hall–Kier alpha value is -1.35. The van der Waals surface area contributed by atoms with Gasteiger partial charge in [0.05, 0.1) is 12.2 Å². The second-order valence-corrected chi connectivity index (χ2v) is 3.18. The molecule has 1 aliphatic heterocycles. The molecule has 14 heavy (non-hydrogen) atoms. The molecule has 0 aromatic heterocycles. The third-order valence-corrected chi connectivity index (χ3v) is 2.07. The Balaban J connectivity index is 2.13. The van der Waals surface area contributed by atoms with Gasteiger partial charge in [0.2, 0.25) is 5.78 Å². The normalized spacial score (nSPS) is 19.2. The van der Waals surface area contributed by atoms with Gasteiger partial charge in [-0.3, -0.25) is 4.79 Å². The molecule has 0 radical (unpaired) electrons. The van der Waals surface area contributed by atoms with Gasteiger partial charge in [0.1, 0.15) is 5.75 Å². The van der Waals surface area contributed by atoms with Crippen LogP contribution in [0.3, 0.4) is 0 Å². The number of benzene rings is 1. The molecule has 0 saturated carbocycles. The number of hydrogen-bond acceptors (Lipinski definition) is 3. The molecule has 1 heterocycles. The number of para-hydroxylation sites is 1. The van der Waals surface area contributed by atoms with Crippen molar-refractivity contribution in [2.24, 2.45) is 0 Å². The van der Waals surface area contributed by atoms with Crippen molar-refractivity contribution < 1.29 is 14.3 Å². The monoisotopic (exact) mass is 192 g/mol. The third-order valence-electron chi connectivity index (χ3n) is 2.07.